The molecule has 1 aromatic heterocycles. The van der Waals surface area contributed by atoms with Gasteiger partial charge >= 0.3 is 0 Å². The highest BCUT2D eigenvalue weighted by Crippen LogP contribution is 2.39. The fraction of sp³-hybridized carbons (Fsp3) is 0.286. The standard InChI is InChI=1S/C14H13Br3INS/c1-2-5-19-13(10-7-12(16)20-14(10)17)9-6-8(18)3-4-11(9)15/h3-4,6-7,13,19H,2,5H2,1H3. The summed E-state index contributed by atoms with van der Waals surface area (Å²) in [6.07, 6.45) is 1.11. The van der Waals surface area contributed by atoms with E-state index >= 15 is 0 Å². The number of thiophene rings is 1. The second-order valence-electron chi connectivity index (χ2n) is 4.33. The molecule has 2 aromatic rings. The quantitative estimate of drug-likeness (QED) is 0.379. The molecule has 0 saturated carbocycles. The van der Waals surface area contributed by atoms with Crippen LogP contribution in [0.15, 0.2) is 36.3 Å². The number of nitrogens with one attached hydrogen (secondary N) is 1. The van der Waals surface area contributed by atoms with E-state index in [4.69, 9.17) is 0 Å². The van der Waals surface area contributed by atoms with Gasteiger partial charge in [0, 0.05) is 8.04 Å². The van der Waals surface area contributed by atoms with Gasteiger partial charge < -0.3 is 5.32 Å². The van der Waals surface area contributed by atoms with Gasteiger partial charge in [0.1, 0.15) is 0 Å². The van der Waals surface area contributed by atoms with E-state index in [0.717, 1.165) is 21.2 Å². The van der Waals surface area contributed by atoms with Gasteiger partial charge in [-0.3, -0.25) is 0 Å². The minimum Gasteiger partial charge on any atom is -0.306 e. The van der Waals surface area contributed by atoms with Crippen molar-refractivity contribution in [2.45, 2.75) is 19.4 Å². The van der Waals surface area contributed by atoms with E-state index in [2.05, 4.69) is 107 Å². The van der Waals surface area contributed by atoms with Crippen LogP contribution in [-0.4, -0.2) is 6.54 Å². The average molecular weight is 594 g/mol. The molecule has 0 saturated heterocycles. The molecule has 0 bridgehead atoms. The van der Waals surface area contributed by atoms with Gasteiger partial charge in [-0.2, -0.15) is 0 Å². The Morgan fingerprint density at radius 1 is 1.20 bits per heavy atom. The van der Waals surface area contributed by atoms with Crippen molar-refractivity contribution >= 4 is 81.7 Å². The highest BCUT2D eigenvalue weighted by atomic mass is 127. The van der Waals surface area contributed by atoms with Crippen LogP contribution >= 0.6 is 81.7 Å². The van der Waals surface area contributed by atoms with E-state index in [1.165, 1.54) is 18.5 Å². The van der Waals surface area contributed by atoms with Crippen molar-refractivity contribution in [2.75, 3.05) is 6.54 Å². The largest absolute Gasteiger partial charge is 0.306 e. The number of hydrogen-bond acceptors (Lipinski definition) is 2. The Kier molecular flexibility index (Phi) is 7.01. The maximum Gasteiger partial charge on any atom is 0.0761 e. The smallest absolute Gasteiger partial charge is 0.0761 e. The first-order valence-electron chi connectivity index (χ1n) is 6.16. The van der Waals surface area contributed by atoms with E-state index in [-0.39, 0.29) is 6.04 Å². The van der Waals surface area contributed by atoms with Crippen molar-refractivity contribution in [3.8, 4) is 0 Å². The summed E-state index contributed by atoms with van der Waals surface area (Å²) in [6, 6.07) is 8.84. The van der Waals surface area contributed by atoms with Gasteiger partial charge in [0.2, 0.25) is 0 Å². The second kappa shape index (κ2) is 8.06. The van der Waals surface area contributed by atoms with E-state index in [1.54, 1.807) is 11.3 Å². The summed E-state index contributed by atoms with van der Waals surface area (Å²) in [5.74, 6) is 0. The Balaban J connectivity index is 2.46. The Labute approximate surface area is 162 Å². The summed E-state index contributed by atoms with van der Waals surface area (Å²) in [7, 11) is 0. The lowest BCUT2D eigenvalue weighted by Gasteiger charge is -2.20. The Hall–Kier alpha value is 1.05. The van der Waals surface area contributed by atoms with E-state index < -0.39 is 0 Å². The van der Waals surface area contributed by atoms with Crippen LogP contribution in [0.5, 0.6) is 0 Å². The monoisotopic (exact) mass is 591 g/mol. The Bertz CT molecular complexity index is 600. The number of halogens is 4. The molecule has 1 aromatic carbocycles. The lowest BCUT2D eigenvalue weighted by molar-refractivity contribution is 0.596. The molecular weight excluding hydrogens is 581 g/mol. The fourth-order valence-corrected chi connectivity index (χ4v) is 5.85. The van der Waals surface area contributed by atoms with Crippen LogP contribution < -0.4 is 5.32 Å². The highest BCUT2D eigenvalue weighted by Gasteiger charge is 2.21. The van der Waals surface area contributed by atoms with Gasteiger partial charge in [-0.25, -0.2) is 0 Å². The third-order valence-corrected chi connectivity index (χ3v) is 6.64. The zero-order chi connectivity index (χ0) is 14.7. The van der Waals surface area contributed by atoms with Crippen LogP contribution in [0.2, 0.25) is 0 Å². The Morgan fingerprint density at radius 2 is 1.95 bits per heavy atom. The summed E-state index contributed by atoms with van der Waals surface area (Å²) in [4.78, 5) is 0. The van der Waals surface area contributed by atoms with Crippen LogP contribution in [0.4, 0.5) is 0 Å². The SMILES string of the molecule is CCCNC(c1cc(I)ccc1Br)c1cc(Br)sc1Br. The molecule has 1 unspecified atom stereocenters. The molecule has 1 heterocycles. The van der Waals surface area contributed by atoms with Gasteiger partial charge in [0.25, 0.3) is 0 Å². The summed E-state index contributed by atoms with van der Waals surface area (Å²) >= 11 is 15.0. The van der Waals surface area contributed by atoms with Crippen molar-refractivity contribution in [2.24, 2.45) is 0 Å². The zero-order valence-corrected chi connectivity index (χ0v) is 18.5. The van der Waals surface area contributed by atoms with Crippen molar-refractivity contribution in [1.29, 1.82) is 0 Å². The molecule has 0 aliphatic carbocycles. The molecule has 0 aliphatic heterocycles. The molecule has 0 aliphatic rings. The topological polar surface area (TPSA) is 12.0 Å². The molecule has 0 amide bonds. The number of hydrogen-bond donors (Lipinski definition) is 1. The predicted octanol–water partition coefficient (Wildman–Crippen LogP) is 6.73. The lowest BCUT2D eigenvalue weighted by atomic mass is 10.0. The molecule has 1 atom stereocenters. The van der Waals surface area contributed by atoms with Gasteiger partial charge in [0.05, 0.1) is 13.6 Å². The van der Waals surface area contributed by atoms with Gasteiger partial charge in [-0.05, 0) is 103 Å². The molecular formula is C14H13Br3INS. The molecule has 2 rings (SSSR count). The minimum absolute atomic E-state index is 0.191. The van der Waals surface area contributed by atoms with Crippen LogP contribution in [0.25, 0.3) is 0 Å². The van der Waals surface area contributed by atoms with Crippen LogP contribution in [0.3, 0.4) is 0 Å². The summed E-state index contributed by atoms with van der Waals surface area (Å²) < 4.78 is 4.70. The predicted molar refractivity (Wildman–Crippen MR) is 107 cm³/mol. The Morgan fingerprint density at radius 3 is 2.55 bits per heavy atom. The summed E-state index contributed by atoms with van der Waals surface area (Å²) in [6.45, 7) is 3.18. The maximum absolute atomic E-state index is 3.68. The molecule has 0 fully saturated rings. The zero-order valence-electron chi connectivity index (χ0n) is 10.7. The average Bonchev–Trinajstić information content (AvgIpc) is 2.73. The highest BCUT2D eigenvalue weighted by molar-refractivity contribution is 14.1. The molecule has 108 valence electrons. The van der Waals surface area contributed by atoms with Crippen molar-refractivity contribution in [3.05, 3.63) is 51.0 Å². The molecule has 6 heteroatoms. The number of benzene rings is 1. The minimum atomic E-state index is 0.191. The molecule has 0 spiro atoms. The van der Waals surface area contributed by atoms with Gasteiger partial charge in [-0.1, -0.05) is 22.9 Å². The lowest BCUT2D eigenvalue weighted by Crippen LogP contribution is -2.23. The molecule has 0 radical (unpaired) electrons. The first-order chi connectivity index (χ1) is 9.52. The fourth-order valence-electron chi connectivity index (χ4n) is 1.96. The third-order valence-electron chi connectivity index (χ3n) is 2.86. The van der Waals surface area contributed by atoms with E-state index in [0.29, 0.717) is 0 Å². The van der Waals surface area contributed by atoms with Crippen LogP contribution in [0.1, 0.15) is 30.5 Å². The third kappa shape index (κ3) is 4.29. The van der Waals surface area contributed by atoms with E-state index in [9.17, 15) is 0 Å². The summed E-state index contributed by atoms with van der Waals surface area (Å²) in [5.41, 5.74) is 2.55. The maximum atomic E-state index is 3.68. The van der Waals surface area contributed by atoms with Gasteiger partial charge in [0.15, 0.2) is 0 Å². The molecule has 1 N–H and O–H groups in total. The molecule has 20 heavy (non-hydrogen) atoms. The van der Waals surface area contributed by atoms with Crippen LogP contribution in [0, 0.1) is 3.57 Å². The normalized spacial score (nSPS) is 12.7. The first-order valence-corrected chi connectivity index (χ1v) is 10.4. The molecule has 1 nitrogen and oxygen atoms in total. The van der Waals surface area contributed by atoms with Crippen LogP contribution in [-0.2, 0) is 0 Å². The summed E-state index contributed by atoms with van der Waals surface area (Å²) in [5, 5.41) is 3.65. The first kappa shape index (κ1) is 17.4. The van der Waals surface area contributed by atoms with Gasteiger partial charge in [-0.15, -0.1) is 11.3 Å². The van der Waals surface area contributed by atoms with Crippen molar-refractivity contribution in [1.82, 2.24) is 5.32 Å². The van der Waals surface area contributed by atoms with E-state index in [1.807, 2.05) is 0 Å². The number of rotatable bonds is 5. The van der Waals surface area contributed by atoms with Crippen molar-refractivity contribution < 1.29 is 0 Å². The second-order valence-corrected chi connectivity index (χ2v) is 10.2. The van der Waals surface area contributed by atoms with Crippen molar-refractivity contribution in [3.63, 3.8) is 0 Å².